The zero-order chi connectivity index (χ0) is 12.7. The number of nitrogens with zero attached hydrogens (tertiary/aromatic N) is 3. The second kappa shape index (κ2) is 3.59. The van der Waals surface area contributed by atoms with E-state index in [1.807, 2.05) is 18.2 Å². The lowest BCUT2D eigenvalue weighted by molar-refractivity contribution is 0.977. The van der Waals surface area contributed by atoms with Crippen LogP contribution < -0.4 is 17.0 Å². The third-order valence-corrected chi connectivity index (χ3v) is 2.66. The molecule has 0 saturated heterocycles. The lowest BCUT2D eigenvalue weighted by Crippen LogP contribution is -2.23. The Morgan fingerprint density at radius 1 is 1.17 bits per heavy atom. The van der Waals surface area contributed by atoms with Gasteiger partial charge in [-0.05, 0) is 12.1 Å². The largest absolute Gasteiger partial charge is 0.383 e. The monoisotopic (exact) mass is 242 g/mol. The van der Waals surface area contributed by atoms with E-state index in [2.05, 4.69) is 15.2 Å². The SMILES string of the molecule is Nc1[nH]nc2nc(N)n(-c3ccccc3)c(=O)c12. The Hall–Kier alpha value is -2.83. The number of aromatic amines is 1. The third-order valence-electron chi connectivity index (χ3n) is 2.66. The Morgan fingerprint density at radius 3 is 2.61 bits per heavy atom. The summed E-state index contributed by atoms with van der Waals surface area (Å²) >= 11 is 0. The van der Waals surface area contributed by atoms with Crippen LogP contribution in [-0.2, 0) is 0 Å². The van der Waals surface area contributed by atoms with Crippen LogP contribution in [0.3, 0.4) is 0 Å². The van der Waals surface area contributed by atoms with E-state index in [0.29, 0.717) is 5.69 Å². The number of nitrogen functional groups attached to an aromatic ring is 2. The van der Waals surface area contributed by atoms with Crippen molar-refractivity contribution < 1.29 is 0 Å². The third kappa shape index (κ3) is 1.34. The lowest BCUT2D eigenvalue weighted by Gasteiger charge is -2.07. The van der Waals surface area contributed by atoms with E-state index < -0.39 is 0 Å². The zero-order valence-electron chi connectivity index (χ0n) is 9.29. The second-order valence-corrected chi connectivity index (χ2v) is 3.78. The molecule has 0 unspecified atom stereocenters. The first kappa shape index (κ1) is 10.3. The van der Waals surface area contributed by atoms with Crippen LogP contribution in [0.1, 0.15) is 0 Å². The van der Waals surface area contributed by atoms with Gasteiger partial charge in [0.05, 0.1) is 5.69 Å². The van der Waals surface area contributed by atoms with Gasteiger partial charge >= 0.3 is 0 Å². The molecule has 0 aliphatic heterocycles. The molecule has 18 heavy (non-hydrogen) atoms. The fourth-order valence-corrected chi connectivity index (χ4v) is 1.84. The van der Waals surface area contributed by atoms with Gasteiger partial charge in [0.2, 0.25) is 5.95 Å². The maximum Gasteiger partial charge on any atom is 0.272 e. The van der Waals surface area contributed by atoms with E-state index in [0.717, 1.165) is 0 Å². The minimum Gasteiger partial charge on any atom is -0.383 e. The van der Waals surface area contributed by atoms with Crippen LogP contribution in [0.5, 0.6) is 0 Å². The predicted octanol–water partition coefficient (Wildman–Crippen LogP) is 0.273. The molecule has 0 fully saturated rings. The molecule has 0 aliphatic rings. The predicted molar refractivity (Wildman–Crippen MR) is 68.3 cm³/mol. The van der Waals surface area contributed by atoms with Gasteiger partial charge < -0.3 is 11.5 Å². The molecular formula is C11H10N6O. The second-order valence-electron chi connectivity index (χ2n) is 3.78. The molecule has 0 atom stereocenters. The number of hydrogen-bond donors (Lipinski definition) is 3. The first-order valence-corrected chi connectivity index (χ1v) is 5.26. The van der Waals surface area contributed by atoms with E-state index in [1.54, 1.807) is 12.1 Å². The topological polar surface area (TPSA) is 116 Å². The fraction of sp³-hybridized carbons (Fsp3) is 0. The quantitative estimate of drug-likeness (QED) is 0.566. The van der Waals surface area contributed by atoms with E-state index in [1.165, 1.54) is 4.57 Å². The minimum atomic E-state index is -0.338. The van der Waals surface area contributed by atoms with Gasteiger partial charge in [-0.15, -0.1) is 0 Å². The van der Waals surface area contributed by atoms with Gasteiger partial charge in [-0.1, -0.05) is 18.2 Å². The first-order valence-electron chi connectivity index (χ1n) is 5.26. The van der Waals surface area contributed by atoms with Crippen LogP contribution in [0.4, 0.5) is 11.8 Å². The highest BCUT2D eigenvalue weighted by Gasteiger charge is 2.14. The van der Waals surface area contributed by atoms with Gasteiger partial charge in [-0.2, -0.15) is 10.1 Å². The Balaban J connectivity index is 2.43. The molecule has 0 saturated carbocycles. The molecule has 0 amide bonds. The standard InChI is InChI=1S/C11H10N6O/c12-8-7-9(16-15-8)14-11(13)17(10(7)18)6-4-2-1-3-5-6/h1-5H,(H5,12,13,14,15,16). The van der Waals surface area contributed by atoms with Crippen molar-refractivity contribution in [1.82, 2.24) is 19.7 Å². The van der Waals surface area contributed by atoms with Gasteiger partial charge in [0.15, 0.2) is 5.65 Å². The maximum absolute atomic E-state index is 12.3. The summed E-state index contributed by atoms with van der Waals surface area (Å²) in [6, 6.07) is 9.00. The van der Waals surface area contributed by atoms with Gasteiger partial charge in [0.25, 0.3) is 5.56 Å². The highest BCUT2D eigenvalue weighted by molar-refractivity contribution is 5.85. The van der Waals surface area contributed by atoms with E-state index >= 15 is 0 Å². The number of fused-ring (bicyclic) bond motifs is 1. The Morgan fingerprint density at radius 2 is 1.89 bits per heavy atom. The molecule has 0 radical (unpaired) electrons. The molecule has 0 spiro atoms. The summed E-state index contributed by atoms with van der Waals surface area (Å²) in [4.78, 5) is 16.4. The molecular weight excluding hydrogens is 232 g/mol. The van der Waals surface area contributed by atoms with Crippen molar-refractivity contribution in [2.45, 2.75) is 0 Å². The summed E-state index contributed by atoms with van der Waals surface area (Å²) in [5, 5.41) is 6.58. The molecule has 0 bridgehead atoms. The van der Waals surface area contributed by atoms with Crippen LogP contribution in [0.15, 0.2) is 35.1 Å². The average Bonchev–Trinajstić information content (AvgIpc) is 2.72. The molecule has 5 N–H and O–H groups in total. The minimum absolute atomic E-state index is 0.0743. The summed E-state index contributed by atoms with van der Waals surface area (Å²) in [6.07, 6.45) is 0. The van der Waals surface area contributed by atoms with Crippen molar-refractivity contribution in [3.63, 3.8) is 0 Å². The fourth-order valence-electron chi connectivity index (χ4n) is 1.84. The normalized spacial score (nSPS) is 10.9. The van der Waals surface area contributed by atoms with Crippen LogP contribution in [0.25, 0.3) is 16.7 Å². The maximum atomic E-state index is 12.3. The smallest absolute Gasteiger partial charge is 0.272 e. The van der Waals surface area contributed by atoms with Crippen molar-refractivity contribution in [2.24, 2.45) is 0 Å². The van der Waals surface area contributed by atoms with Gasteiger partial charge in [0, 0.05) is 0 Å². The number of para-hydroxylation sites is 1. The zero-order valence-corrected chi connectivity index (χ0v) is 9.29. The molecule has 2 heterocycles. The van der Waals surface area contributed by atoms with Gasteiger partial charge in [-0.25, -0.2) is 4.57 Å². The number of anilines is 2. The van der Waals surface area contributed by atoms with Crippen LogP contribution in [0.2, 0.25) is 0 Å². The Kier molecular flexibility index (Phi) is 2.06. The number of rotatable bonds is 1. The number of hydrogen-bond acceptors (Lipinski definition) is 5. The number of benzene rings is 1. The van der Waals surface area contributed by atoms with Crippen LogP contribution in [0, 0.1) is 0 Å². The summed E-state index contributed by atoms with van der Waals surface area (Å²) in [5.41, 5.74) is 12.0. The van der Waals surface area contributed by atoms with Crippen molar-refractivity contribution in [3.8, 4) is 5.69 Å². The highest BCUT2D eigenvalue weighted by Crippen LogP contribution is 2.15. The molecule has 7 nitrogen and oxygen atoms in total. The molecule has 1 aromatic carbocycles. The Bertz CT molecular complexity index is 773. The van der Waals surface area contributed by atoms with Crippen molar-refractivity contribution >= 4 is 22.8 Å². The summed E-state index contributed by atoms with van der Waals surface area (Å²) in [7, 11) is 0. The average molecular weight is 242 g/mol. The summed E-state index contributed by atoms with van der Waals surface area (Å²) in [6.45, 7) is 0. The van der Waals surface area contributed by atoms with Crippen molar-refractivity contribution in [1.29, 1.82) is 0 Å². The van der Waals surface area contributed by atoms with Gasteiger partial charge in [0.1, 0.15) is 11.2 Å². The summed E-state index contributed by atoms with van der Waals surface area (Å²) < 4.78 is 1.30. The highest BCUT2D eigenvalue weighted by atomic mass is 16.1. The first-order chi connectivity index (χ1) is 8.68. The number of aromatic nitrogens is 4. The lowest BCUT2D eigenvalue weighted by atomic mass is 10.3. The van der Waals surface area contributed by atoms with Gasteiger partial charge in [-0.3, -0.25) is 9.89 Å². The molecule has 3 rings (SSSR count). The number of nitrogens with one attached hydrogen (secondary N) is 1. The van der Waals surface area contributed by atoms with Crippen molar-refractivity contribution in [2.75, 3.05) is 11.5 Å². The van der Waals surface area contributed by atoms with E-state index in [4.69, 9.17) is 11.5 Å². The molecule has 3 aromatic rings. The van der Waals surface area contributed by atoms with Crippen LogP contribution >= 0.6 is 0 Å². The Labute approximate surface area is 101 Å². The van der Waals surface area contributed by atoms with E-state index in [-0.39, 0.29) is 28.4 Å². The van der Waals surface area contributed by atoms with Crippen molar-refractivity contribution in [3.05, 3.63) is 40.7 Å². The molecule has 2 aromatic heterocycles. The molecule has 0 aliphatic carbocycles. The number of H-pyrrole nitrogens is 1. The molecule has 90 valence electrons. The number of nitrogens with two attached hydrogens (primary N) is 2. The van der Waals surface area contributed by atoms with Crippen LogP contribution in [-0.4, -0.2) is 19.7 Å². The molecule has 7 heteroatoms. The van der Waals surface area contributed by atoms with E-state index in [9.17, 15) is 4.79 Å². The summed E-state index contributed by atoms with van der Waals surface area (Å²) in [5.74, 6) is 0.261.